The number of benzene rings is 1. The maximum Gasteiger partial charge on any atom is 0.244 e. The standard InChI is InChI=1S/C14H18F2N2O2/c1-20-12-10(15)7-9(8-11(12)16)18-13(19)14(17)5-3-2-4-6-14/h7-8H,2-6,17H2,1H3,(H,18,19). The van der Waals surface area contributed by atoms with Gasteiger partial charge in [0, 0.05) is 17.8 Å². The van der Waals surface area contributed by atoms with Crippen LogP contribution in [-0.2, 0) is 4.79 Å². The number of methoxy groups -OCH3 is 1. The summed E-state index contributed by atoms with van der Waals surface area (Å²) in [5, 5.41) is 2.49. The van der Waals surface area contributed by atoms with Crippen LogP contribution >= 0.6 is 0 Å². The highest BCUT2D eigenvalue weighted by molar-refractivity contribution is 5.98. The van der Waals surface area contributed by atoms with Crippen molar-refractivity contribution < 1.29 is 18.3 Å². The molecule has 1 fully saturated rings. The van der Waals surface area contributed by atoms with E-state index in [1.807, 2.05) is 0 Å². The highest BCUT2D eigenvalue weighted by Gasteiger charge is 2.35. The number of nitrogens with two attached hydrogens (primary N) is 1. The molecule has 0 heterocycles. The number of anilines is 1. The number of carbonyl (C=O) groups is 1. The number of carbonyl (C=O) groups excluding carboxylic acids is 1. The second-order valence-electron chi connectivity index (χ2n) is 5.14. The van der Waals surface area contributed by atoms with E-state index >= 15 is 0 Å². The Morgan fingerprint density at radius 3 is 2.30 bits per heavy atom. The molecule has 1 aromatic carbocycles. The molecule has 110 valence electrons. The Balaban J connectivity index is 2.15. The third-order valence-electron chi connectivity index (χ3n) is 3.66. The summed E-state index contributed by atoms with van der Waals surface area (Å²) < 4.78 is 31.7. The molecule has 1 amide bonds. The van der Waals surface area contributed by atoms with Crippen LogP contribution in [0.5, 0.6) is 5.75 Å². The van der Waals surface area contributed by atoms with Crippen LogP contribution in [0.1, 0.15) is 32.1 Å². The number of nitrogens with one attached hydrogen (secondary N) is 1. The molecule has 0 spiro atoms. The van der Waals surface area contributed by atoms with Crippen molar-refractivity contribution in [3.8, 4) is 5.75 Å². The van der Waals surface area contributed by atoms with E-state index in [1.165, 1.54) is 7.11 Å². The van der Waals surface area contributed by atoms with E-state index in [1.54, 1.807) is 0 Å². The molecule has 0 aliphatic heterocycles. The fourth-order valence-corrected chi connectivity index (χ4v) is 2.49. The topological polar surface area (TPSA) is 64.3 Å². The molecule has 4 nitrogen and oxygen atoms in total. The van der Waals surface area contributed by atoms with Gasteiger partial charge in [0.05, 0.1) is 12.6 Å². The number of rotatable bonds is 3. The van der Waals surface area contributed by atoms with Crippen molar-refractivity contribution in [1.82, 2.24) is 0 Å². The van der Waals surface area contributed by atoms with Crippen LogP contribution in [0.3, 0.4) is 0 Å². The third-order valence-corrected chi connectivity index (χ3v) is 3.66. The molecule has 20 heavy (non-hydrogen) atoms. The van der Waals surface area contributed by atoms with E-state index < -0.39 is 28.8 Å². The number of amides is 1. The first-order valence-corrected chi connectivity index (χ1v) is 6.59. The lowest BCUT2D eigenvalue weighted by Gasteiger charge is -2.31. The van der Waals surface area contributed by atoms with Gasteiger partial charge in [0.15, 0.2) is 17.4 Å². The summed E-state index contributed by atoms with van der Waals surface area (Å²) in [5.74, 6) is -2.60. The van der Waals surface area contributed by atoms with Gasteiger partial charge in [0.25, 0.3) is 0 Å². The summed E-state index contributed by atoms with van der Waals surface area (Å²) in [7, 11) is 1.18. The van der Waals surface area contributed by atoms with Crippen molar-refractivity contribution in [1.29, 1.82) is 0 Å². The van der Waals surface area contributed by atoms with Crippen LogP contribution in [0.15, 0.2) is 12.1 Å². The average Bonchev–Trinajstić information content (AvgIpc) is 2.39. The van der Waals surface area contributed by atoms with E-state index in [0.717, 1.165) is 31.4 Å². The minimum atomic E-state index is -0.953. The van der Waals surface area contributed by atoms with Crippen LogP contribution in [-0.4, -0.2) is 18.6 Å². The Bertz CT molecular complexity index is 491. The normalized spacial score (nSPS) is 17.6. The molecule has 1 aromatic rings. The molecular formula is C14H18F2N2O2. The quantitative estimate of drug-likeness (QED) is 0.896. The maximum absolute atomic E-state index is 13.6. The summed E-state index contributed by atoms with van der Waals surface area (Å²) in [5.41, 5.74) is 5.15. The predicted octanol–water partition coefficient (Wildman–Crippen LogP) is 2.57. The summed E-state index contributed by atoms with van der Waals surface area (Å²) in [6.07, 6.45) is 3.99. The molecule has 0 saturated heterocycles. The van der Waals surface area contributed by atoms with E-state index in [0.29, 0.717) is 12.8 Å². The Kier molecular flexibility index (Phi) is 4.23. The lowest BCUT2D eigenvalue weighted by atomic mass is 9.82. The molecule has 1 aliphatic carbocycles. The average molecular weight is 284 g/mol. The number of hydrogen-bond donors (Lipinski definition) is 2. The van der Waals surface area contributed by atoms with Gasteiger partial charge >= 0.3 is 0 Å². The first-order chi connectivity index (χ1) is 9.46. The Morgan fingerprint density at radius 2 is 1.80 bits per heavy atom. The second kappa shape index (κ2) is 5.75. The fourth-order valence-electron chi connectivity index (χ4n) is 2.49. The van der Waals surface area contributed by atoms with Gasteiger partial charge in [-0.05, 0) is 12.8 Å². The molecule has 0 atom stereocenters. The first kappa shape index (κ1) is 14.7. The largest absolute Gasteiger partial charge is 0.491 e. The van der Waals surface area contributed by atoms with E-state index in [-0.39, 0.29) is 5.69 Å². The molecule has 3 N–H and O–H groups in total. The van der Waals surface area contributed by atoms with Crippen LogP contribution in [0, 0.1) is 11.6 Å². The van der Waals surface area contributed by atoms with Gasteiger partial charge in [-0.15, -0.1) is 0 Å². The molecule has 0 aromatic heterocycles. The minimum Gasteiger partial charge on any atom is -0.491 e. The smallest absolute Gasteiger partial charge is 0.244 e. The Labute approximate surface area is 116 Å². The van der Waals surface area contributed by atoms with Crippen molar-refractivity contribution in [2.45, 2.75) is 37.6 Å². The zero-order valence-electron chi connectivity index (χ0n) is 11.3. The highest BCUT2D eigenvalue weighted by Crippen LogP contribution is 2.29. The Hall–Kier alpha value is -1.69. The van der Waals surface area contributed by atoms with Crippen LogP contribution in [0.2, 0.25) is 0 Å². The zero-order valence-corrected chi connectivity index (χ0v) is 11.3. The van der Waals surface area contributed by atoms with Crippen molar-refractivity contribution in [2.75, 3.05) is 12.4 Å². The molecule has 0 bridgehead atoms. The number of halogens is 2. The van der Waals surface area contributed by atoms with E-state index in [9.17, 15) is 13.6 Å². The van der Waals surface area contributed by atoms with Gasteiger partial charge in [-0.2, -0.15) is 0 Å². The SMILES string of the molecule is COc1c(F)cc(NC(=O)C2(N)CCCCC2)cc1F. The summed E-state index contributed by atoms with van der Waals surface area (Å²) >= 11 is 0. The van der Waals surface area contributed by atoms with E-state index in [4.69, 9.17) is 5.73 Å². The molecule has 0 unspecified atom stereocenters. The molecule has 0 radical (unpaired) electrons. The highest BCUT2D eigenvalue weighted by atomic mass is 19.1. The van der Waals surface area contributed by atoms with Gasteiger partial charge in [-0.25, -0.2) is 8.78 Å². The zero-order chi connectivity index (χ0) is 14.8. The van der Waals surface area contributed by atoms with Gasteiger partial charge in [-0.1, -0.05) is 19.3 Å². The van der Waals surface area contributed by atoms with Crippen LogP contribution in [0.4, 0.5) is 14.5 Å². The maximum atomic E-state index is 13.6. The number of hydrogen-bond acceptors (Lipinski definition) is 3. The van der Waals surface area contributed by atoms with Crippen molar-refractivity contribution in [2.24, 2.45) is 5.73 Å². The molecule has 6 heteroatoms. The molecular weight excluding hydrogens is 266 g/mol. The van der Waals surface area contributed by atoms with E-state index in [2.05, 4.69) is 10.1 Å². The van der Waals surface area contributed by atoms with Gasteiger partial charge in [0.1, 0.15) is 0 Å². The first-order valence-electron chi connectivity index (χ1n) is 6.59. The molecule has 2 rings (SSSR count). The summed E-state index contributed by atoms with van der Waals surface area (Å²) in [6.45, 7) is 0. The third kappa shape index (κ3) is 2.90. The fraction of sp³-hybridized carbons (Fsp3) is 0.500. The molecule has 1 saturated carbocycles. The number of ether oxygens (including phenoxy) is 1. The van der Waals surface area contributed by atoms with Crippen LogP contribution < -0.4 is 15.8 Å². The van der Waals surface area contributed by atoms with Gasteiger partial charge in [-0.3, -0.25) is 4.79 Å². The lowest BCUT2D eigenvalue weighted by molar-refractivity contribution is -0.122. The van der Waals surface area contributed by atoms with Crippen molar-refractivity contribution >= 4 is 11.6 Å². The molecule has 1 aliphatic rings. The minimum absolute atomic E-state index is 0.0428. The summed E-state index contributed by atoms with van der Waals surface area (Å²) in [4.78, 5) is 12.2. The second-order valence-corrected chi connectivity index (χ2v) is 5.14. The summed E-state index contributed by atoms with van der Waals surface area (Å²) in [6, 6.07) is 2.04. The van der Waals surface area contributed by atoms with Gasteiger partial charge in [0.2, 0.25) is 5.91 Å². The monoisotopic (exact) mass is 284 g/mol. The van der Waals surface area contributed by atoms with Gasteiger partial charge < -0.3 is 15.8 Å². The predicted molar refractivity (Wildman–Crippen MR) is 71.5 cm³/mol. The van der Waals surface area contributed by atoms with Crippen molar-refractivity contribution in [3.05, 3.63) is 23.8 Å². The lowest BCUT2D eigenvalue weighted by Crippen LogP contribution is -2.52. The van der Waals surface area contributed by atoms with Crippen LogP contribution in [0.25, 0.3) is 0 Å². The Morgan fingerprint density at radius 1 is 1.25 bits per heavy atom. The van der Waals surface area contributed by atoms with Crippen molar-refractivity contribution in [3.63, 3.8) is 0 Å².